The van der Waals surface area contributed by atoms with E-state index in [9.17, 15) is 39.5 Å². The van der Waals surface area contributed by atoms with E-state index in [1.165, 1.54) is 17.0 Å². The minimum Gasteiger partial charge on any atom is -0.461 e. The van der Waals surface area contributed by atoms with Crippen molar-refractivity contribution in [3.05, 3.63) is 71.6 Å². The fourth-order valence-corrected chi connectivity index (χ4v) is 9.84. The van der Waals surface area contributed by atoms with Crippen molar-refractivity contribution in [3.8, 4) is 29.6 Å². The van der Waals surface area contributed by atoms with Crippen LogP contribution in [0.15, 0.2) is 48.7 Å². The molecule has 330 valence electrons. The van der Waals surface area contributed by atoms with Gasteiger partial charge in [-0.25, -0.2) is 13.8 Å². The highest BCUT2D eigenvalue weighted by molar-refractivity contribution is 6.02. The van der Waals surface area contributed by atoms with Crippen LogP contribution in [0.4, 0.5) is 54.1 Å². The molecule has 6 heterocycles. The van der Waals surface area contributed by atoms with Gasteiger partial charge in [0.05, 0.1) is 28.8 Å². The third-order valence-corrected chi connectivity index (χ3v) is 12.8. The summed E-state index contributed by atoms with van der Waals surface area (Å²) in [6, 6.07) is 5.85. The van der Waals surface area contributed by atoms with E-state index in [1.54, 1.807) is 24.3 Å². The fourth-order valence-electron chi connectivity index (χ4n) is 9.84. The Morgan fingerprint density at radius 1 is 0.984 bits per heavy atom. The topological polar surface area (TPSA) is 75.6 Å². The third kappa shape index (κ3) is 7.03. The van der Waals surface area contributed by atoms with Gasteiger partial charge in [0.2, 0.25) is 0 Å². The van der Waals surface area contributed by atoms with Crippen LogP contribution in [0.3, 0.4) is 0 Å². The van der Waals surface area contributed by atoms with E-state index in [2.05, 4.69) is 33.3 Å². The number of rotatable bonds is 9. The Hall–Kier alpha value is -5.02. The highest BCUT2D eigenvalue weighted by Gasteiger charge is 2.85. The molecule has 3 fully saturated rings. The van der Waals surface area contributed by atoms with Crippen LogP contribution in [0.1, 0.15) is 50.3 Å². The van der Waals surface area contributed by atoms with Gasteiger partial charge in [-0.2, -0.15) is 49.5 Å². The molecule has 4 aliphatic heterocycles. The fraction of sp³-hybridized carbons (Fsp3) is 0.488. The number of terminal acetylenes is 1. The molecule has 4 aliphatic rings. The second kappa shape index (κ2) is 15.7. The lowest BCUT2D eigenvalue weighted by molar-refractivity contribution is -0.458. The van der Waals surface area contributed by atoms with Gasteiger partial charge in [0.15, 0.2) is 5.82 Å². The predicted molar refractivity (Wildman–Crippen MR) is 206 cm³/mol. The van der Waals surface area contributed by atoms with Crippen LogP contribution in [0.25, 0.3) is 32.9 Å². The SMILES string of the molecule is C#Cc1c(F)ccc2cccc(-c3nc4c5c(nc(OC[C@@]67CCCN6[C@H](COC(C(F)(F)F)(C(F)(F)F)C(F)(F)F)CC7)nc5c3F)N3C[C@@H](CC=C=C)NC[C@@H]3C(C)C4)c12. The highest BCUT2D eigenvalue weighted by Crippen LogP contribution is 2.55. The number of nitrogens with zero attached hydrogens (tertiary/aromatic N) is 5. The second-order valence-electron chi connectivity index (χ2n) is 16.4. The molecule has 8 nitrogen and oxygen atoms in total. The summed E-state index contributed by atoms with van der Waals surface area (Å²) in [7, 11) is 0. The van der Waals surface area contributed by atoms with E-state index in [-0.39, 0.29) is 77.7 Å². The third-order valence-electron chi connectivity index (χ3n) is 12.8. The van der Waals surface area contributed by atoms with Gasteiger partial charge in [-0.3, -0.25) is 4.90 Å². The van der Waals surface area contributed by atoms with E-state index in [0.717, 1.165) is 0 Å². The number of benzene rings is 2. The molecule has 8 rings (SSSR count). The van der Waals surface area contributed by atoms with Gasteiger partial charge in [0.25, 0.3) is 0 Å². The standard InChI is InChI=1S/C43H39F11N6O2/c1-4-6-10-25-20-59-31(19-55-25)23(3)18-30-33-36(34(45)35(56-30)28-11-7-9-24-12-13-29(44)27(5-2)32(24)28)57-38(58-37(33)59)61-22-39-15-8-17-60(39)26(14-16-39)21-62-40(41(46,47)48,42(49,50)51)43(52,53)54/h2,6-7,9,11-13,23,25-26,31,55H,1,8,10,14-22H2,3H3/t23?,25-,26+,31-,39+/m1/s1. The predicted octanol–water partition coefficient (Wildman–Crippen LogP) is 8.99. The Kier molecular flexibility index (Phi) is 11.0. The summed E-state index contributed by atoms with van der Waals surface area (Å²) in [5.74, 6) is 1.04. The van der Waals surface area contributed by atoms with Crippen molar-refractivity contribution in [1.29, 1.82) is 0 Å². The first-order valence-corrected chi connectivity index (χ1v) is 19.9. The van der Waals surface area contributed by atoms with Gasteiger partial charge in [-0.15, -0.1) is 12.2 Å². The van der Waals surface area contributed by atoms with E-state index in [0.29, 0.717) is 61.1 Å². The Balaban J connectivity index is 1.19. The van der Waals surface area contributed by atoms with Gasteiger partial charge in [0.1, 0.15) is 29.5 Å². The quantitative estimate of drug-likeness (QED) is 0.102. The number of fused-ring (bicyclic) bond motifs is 4. The summed E-state index contributed by atoms with van der Waals surface area (Å²) in [6.45, 7) is 4.90. The van der Waals surface area contributed by atoms with Crippen LogP contribution in [-0.2, 0) is 11.2 Å². The minimum absolute atomic E-state index is 0.0773. The summed E-state index contributed by atoms with van der Waals surface area (Å²) in [5, 5.41) is 4.66. The Morgan fingerprint density at radius 2 is 1.73 bits per heavy atom. The van der Waals surface area contributed by atoms with Crippen LogP contribution in [0.2, 0.25) is 0 Å². The smallest absolute Gasteiger partial charge is 0.435 e. The van der Waals surface area contributed by atoms with Gasteiger partial charge >= 0.3 is 30.1 Å². The maximum atomic E-state index is 17.4. The van der Waals surface area contributed by atoms with Gasteiger partial charge in [-0.05, 0) is 68.5 Å². The van der Waals surface area contributed by atoms with Crippen LogP contribution in [0.5, 0.6) is 6.01 Å². The van der Waals surface area contributed by atoms with Gasteiger partial charge in [0, 0.05) is 42.2 Å². The zero-order valence-electron chi connectivity index (χ0n) is 33.0. The zero-order chi connectivity index (χ0) is 44.6. The molecule has 0 aliphatic carbocycles. The van der Waals surface area contributed by atoms with E-state index in [1.807, 2.05) is 11.8 Å². The van der Waals surface area contributed by atoms with Crippen molar-refractivity contribution in [2.75, 3.05) is 37.7 Å². The second-order valence-corrected chi connectivity index (χ2v) is 16.4. The van der Waals surface area contributed by atoms with Gasteiger partial charge < -0.3 is 19.7 Å². The number of anilines is 1. The summed E-state index contributed by atoms with van der Waals surface area (Å²) in [4.78, 5) is 17.8. The molecule has 62 heavy (non-hydrogen) atoms. The summed E-state index contributed by atoms with van der Waals surface area (Å²) in [6.07, 6.45) is -11.4. The first-order valence-electron chi connectivity index (χ1n) is 19.9. The van der Waals surface area contributed by atoms with E-state index in [4.69, 9.17) is 21.1 Å². The van der Waals surface area contributed by atoms with Crippen molar-refractivity contribution < 1.29 is 57.8 Å². The lowest BCUT2D eigenvalue weighted by atomic mass is 9.92. The number of alkyl halides is 9. The molecule has 4 aromatic rings. The molecule has 1 N–H and O–H groups in total. The van der Waals surface area contributed by atoms with E-state index < -0.39 is 54.0 Å². The van der Waals surface area contributed by atoms with Crippen molar-refractivity contribution in [2.45, 2.75) is 93.2 Å². The maximum Gasteiger partial charge on any atom is 0.435 e. The van der Waals surface area contributed by atoms with Gasteiger partial charge in [-0.1, -0.05) is 43.7 Å². The summed E-state index contributed by atoms with van der Waals surface area (Å²) >= 11 is 0. The average Bonchev–Trinajstić information content (AvgIpc) is 3.74. The summed E-state index contributed by atoms with van der Waals surface area (Å²) < 4.78 is 166. The Labute approximate surface area is 348 Å². The molecule has 2 aromatic carbocycles. The molecule has 19 heteroatoms. The zero-order valence-corrected chi connectivity index (χ0v) is 33.0. The summed E-state index contributed by atoms with van der Waals surface area (Å²) in [5.41, 5.74) is -4.42. The largest absolute Gasteiger partial charge is 0.461 e. The molecule has 0 saturated carbocycles. The molecular weight excluding hydrogens is 841 g/mol. The number of hydrogen-bond acceptors (Lipinski definition) is 8. The minimum atomic E-state index is -6.86. The number of pyridine rings is 1. The normalized spacial score (nSPS) is 24.4. The number of aromatic nitrogens is 3. The van der Waals surface area contributed by atoms with Crippen molar-refractivity contribution in [1.82, 2.24) is 25.2 Å². The molecule has 0 bridgehead atoms. The molecule has 0 amide bonds. The van der Waals surface area contributed by atoms with E-state index >= 15 is 8.78 Å². The van der Waals surface area contributed by atoms with Crippen molar-refractivity contribution in [2.24, 2.45) is 5.92 Å². The molecule has 1 unspecified atom stereocenters. The Bertz CT molecular complexity index is 2460. The monoisotopic (exact) mass is 880 g/mol. The molecule has 3 saturated heterocycles. The van der Waals surface area contributed by atoms with Crippen LogP contribution >= 0.6 is 0 Å². The molecular formula is C43H39F11N6O2. The molecule has 2 aromatic heterocycles. The lowest BCUT2D eigenvalue weighted by Gasteiger charge is -2.42. The van der Waals surface area contributed by atoms with Crippen LogP contribution in [-0.4, -0.2) is 100 Å². The number of halogens is 11. The van der Waals surface area contributed by atoms with Crippen LogP contribution < -0.4 is 15.0 Å². The number of piperazine rings is 1. The average molecular weight is 881 g/mol. The highest BCUT2D eigenvalue weighted by atomic mass is 19.4. The molecule has 5 atom stereocenters. The first kappa shape index (κ1) is 43.6. The van der Waals surface area contributed by atoms with Crippen LogP contribution in [0, 0.1) is 29.9 Å². The maximum absolute atomic E-state index is 17.4. The first-order chi connectivity index (χ1) is 29.2. The van der Waals surface area contributed by atoms with Crippen molar-refractivity contribution in [3.63, 3.8) is 0 Å². The number of ether oxygens (including phenoxy) is 2. The van der Waals surface area contributed by atoms with Crippen molar-refractivity contribution >= 4 is 27.5 Å². The number of nitrogens with one attached hydrogen (secondary N) is 1. The molecule has 0 radical (unpaired) electrons. The molecule has 0 spiro atoms. The number of hydrogen-bond donors (Lipinski definition) is 1. The lowest BCUT2D eigenvalue weighted by Crippen LogP contribution is -2.68. The Morgan fingerprint density at radius 3 is 2.42 bits per heavy atom.